The molecule has 0 spiro atoms. The second-order valence-electron chi connectivity index (χ2n) is 5.61. The van der Waals surface area contributed by atoms with Gasteiger partial charge in [-0.15, -0.1) is 0 Å². The van der Waals surface area contributed by atoms with Gasteiger partial charge in [-0.25, -0.2) is 0 Å². The van der Waals surface area contributed by atoms with Gasteiger partial charge in [-0.05, 0) is 32.1 Å². The maximum atomic E-state index is 9.44. The molecule has 0 amide bonds. The van der Waals surface area contributed by atoms with Crippen LogP contribution in [0.5, 0.6) is 0 Å². The predicted octanol–water partition coefficient (Wildman–Crippen LogP) is 1.63. The van der Waals surface area contributed by atoms with Crippen LogP contribution in [0, 0.1) is 0 Å². The first-order valence-electron chi connectivity index (χ1n) is 7.84. The molecule has 0 saturated heterocycles. The van der Waals surface area contributed by atoms with Crippen LogP contribution in [0.25, 0.3) is 0 Å². The van der Waals surface area contributed by atoms with Crippen molar-refractivity contribution in [3.8, 4) is 0 Å². The molecule has 114 valence electrons. The zero-order chi connectivity index (χ0) is 14.1. The van der Waals surface area contributed by atoms with Crippen molar-refractivity contribution in [2.24, 2.45) is 0 Å². The molecule has 0 bridgehead atoms. The molecule has 0 heterocycles. The topological polar surface area (TPSA) is 44.7 Å². The Morgan fingerprint density at radius 2 is 1.95 bits per heavy atom. The fourth-order valence-electron chi connectivity index (χ4n) is 2.62. The van der Waals surface area contributed by atoms with Crippen LogP contribution in [0.2, 0.25) is 0 Å². The highest BCUT2D eigenvalue weighted by molar-refractivity contribution is 4.85. The van der Waals surface area contributed by atoms with Crippen molar-refractivity contribution in [2.45, 2.75) is 64.1 Å². The summed E-state index contributed by atoms with van der Waals surface area (Å²) in [6.07, 6.45) is 5.93. The molecule has 1 rings (SSSR count). The summed E-state index contributed by atoms with van der Waals surface area (Å²) in [5.41, 5.74) is 0. The van der Waals surface area contributed by atoms with E-state index in [9.17, 15) is 5.11 Å². The molecule has 1 aliphatic rings. The summed E-state index contributed by atoms with van der Waals surface area (Å²) in [4.78, 5) is 2.51. The number of aliphatic hydroxyl groups is 1. The molecule has 0 aliphatic heterocycles. The molecule has 1 unspecified atom stereocenters. The number of ether oxygens (including phenoxy) is 1. The molecule has 0 aromatic rings. The number of nitrogens with one attached hydrogen (secondary N) is 1. The molecule has 1 saturated carbocycles. The van der Waals surface area contributed by atoms with Crippen molar-refractivity contribution in [3.63, 3.8) is 0 Å². The largest absolute Gasteiger partial charge is 0.395 e. The molecule has 4 heteroatoms. The first-order chi connectivity index (χ1) is 9.24. The summed E-state index contributed by atoms with van der Waals surface area (Å²) < 4.78 is 5.21. The molecule has 0 aromatic heterocycles. The second kappa shape index (κ2) is 9.70. The smallest absolute Gasteiger partial charge is 0.0589 e. The van der Waals surface area contributed by atoms with Gasteiger partial charge in [0.15, 0.2) is 0 Å². The summed E-state index contributed by atoms with van der Waals surface area (Å²) >= 11 is 0. The van der Waals surface area contributed by atoms with Gasteiger partial charge in [0.2, 0.25) is 0 Å². The molecule has 1 aliphatic carbocycles. The minimum atomic E-state index is 0.248. The number of aliphatic hydroxyl groups excluding tert-OH is 1. The Bertz CT molecular complexity index is 218. The van der Waals surface area contributed by atoms with Crippen LogP contribution in [-0.2, 0) is 4.74 Å². The number of rotatable bonds is 12. The first-order valence-corrected chi connectivity index (χ1v) is 7.84. The van der Waals surface area contributed by atoms with Crippen LogP contribution in [0.15, 0.2) is 0 Å². The lowest BCUT2D eigenvalue weighted by Gasteiger charge is -2.31. The molecule has 0 aromatic carbocycles. The normalized spacial score (nSPS) is 17.4. The summed E-state index contributed by atoms with van der Waals surface area (Å²) in [7, 11) is 1.76. The number of nitrogens with zero attached hydrogens (tertiary/aromatic N) is 1. The van der Waals surface area contributed by atoms with E-state index < -0.39 is 0 Å². The molecule has 2 N–H and O–H groups in total. The lowest BCUT2D eigenvalue weighted by Crippen LogP contribution is -2.42. The van der Waals surface area contributed by atoms with E-state index in [2.05, 4.69) is 24.1 Å². The summed E-state index contributed by atoms with van der Waals surface area (Å²) in [5, 5.41) is 13.0. The molecule has 1 atom stereocenters. The van der Waals surface area contributed by atoms with Gasteiger partial charge in [-0.3, -0.25) is 4.90 Å². The van der Waals surface area contributed by atoms with E-state index >= 15 is 0 Å². The average molecular weight is 272 g/mol. The Hall–Kier alpha value is -0.160. The van der Waals surface area contributed by atoms with Crippen molar-refractivity contribution >= 4 is 0 Å². The summed E-state index contributed by atoms with van der Waals surface area (Å²) in [6.45, 7) is 7.57. The fraction of sp³-hybridized carbons (Fsp3) is 1.00. The molecular weight excluding hydrogens is 240 g/mol. The predicted molar refractivity (Wildman–Crippen MR) is 79.5 cm³/mol. The standard InChI is InChI=1S/C15H32N2O2/c1-4-15(5-2)17(10-11-19-3)9-8-14(12-18)16-13-6-7-13/h13-16,18H,4-12H2,1-3H3. The van der Waals surface area contributed by atoms with Crippen molar-refractivity contribution in [2.75, 3.05) is 33.4 Å². The highest BCUT2D eigenvalue weighted by Gasteiger charge is 2.25. The molecular formula is C15H32N2O2. The van der Waals surface area contributed by atoms with E-state index in [1.54, 1.807) is 7.11 Å². The molecule has 1 fully saturated rings. The molecule has 0 radical (unpaired) electrons. The zero-order valence-electron chi connectivity index (χ0n) is 12.9. The Labute approximate surface area is 118 Å². The van der Waals surface area contributed by atoms with E-state index in [4.69, 9.17) is 4.74 Å². The van der Waals surface area contributed by atoms with Crippen LogP contribution < -0.4 is 5.32 Å². The fourth-order valence-corrected chi connectivity index (χ4v) is 2.62. The number of hydrogen-bond donors (Lipinski definition) is 2. The quantitative estimate of drug-likeness (QED) is 0.567. The van der Waals surface area contributed by atoms with Crippen LogP contribution in [-0.4, -0.2) is 61.5 Å². The summed E-state index contributed by atoms with van der Waals surface area (Å²) in [5.74, 6) is 0. The third kappa shape index (κ3) is 6.70. The van der Waals surface area contributed by atoms with Crippen molar-refractivity contribution < 1.29 is 9.84 Å². The van der Waals surface area contributed by atoms with Gasteiger partial charge < -0.3 is 15.2 Å². The first kappa shape index (κ1) is 16.9. The third-order valence-electron chi connectivity index (χ3n) is 4.08. The van der Waals surface area contributed by atoms with Crippen LogP contribution in [0.1, 0.15) is 46.0 Å². The van der Waals surface area contributed by atoms with Crippen molar-refractivity contribution in [3.05, 3.63) is 0 Å². The Morgan fingerprint density at radius 3 is 2.42 bits per heavy atom. The minimum Gasteiger partial charge on any atom is -0.395 e. The van der Waals surface area contributed by atoms with Crippen molar-refractivity contribution in [1.29, 1.82) is 0 Å². The van der Waals surface area contributed by atoms with Gasteiger partial charge in [0.1, 0.15) is 0 Å². The van der Waals surface area contributed by atoms with Gasteiger partial charge in [0.25, 0.3) is 0 Å². The van der Waals surface area contributed by atoms with Gasteiger partial charge in [-0.2, -0.15) is 0 Å². The van der Waals surface area contributed by atoms with Crippen molar-refractivity contribution in [1.82, 2.24) is 10.2 Å². The average Bonchev–Trinajstić information content (AvgIpc) is 3.24. The van der Waals surface area contributed by atoms with E-state index in [1.165, 1.54) is 25.7 Å². The van der Waals surface area contributed by atoms with Gasteiger partial charge in [-0.1, -0.05) is 13.8 Å². The third-order valence-corrected chi connectivity index (χ3v) is 4.08. The Kier molecular flexibility index (Phi) is 8.62. The maximum Gasteiger partial charge on any atom is 0.0589 e. The SMILES string of the molecule is CCC(CC)N(CCOC)CCC(CO)NC1CC1. The Morgan fingerprint density at radius 1 is 1.26 bits per heavy atom. The van der Waals surface area contributed by atoms with E-state index in [0.29, 0.717) is 12.1 Å². The maximum absolute atomic E-state index is 9.44. The van der Waals surface area contributed by atoms with E-state index in [-0.39, 0.29) is 12.6 Å². The Balaban J connectivity index is 2.35. The second-order valence-corrected chi connectivity index (χ2v) is 5.61. The molecule has 19 heavy (non-hydrogen) atoms. The monoisotopic (exact) mass is 272 g/mol. The minimum absolute atomic E-state index is 0.248. The zero-order valence-corrected chi connectivity index (χ0v) is 12.9. The van der Waals surface area contributed by atoms with E-state index in [0.717, 1.165) is 26.1 Å². The van der Waals surface area contributed by atoms with Gasteiger partial charge in [0, 0.05) is 38.3 Å². The highest BCUT2D eigenvalue weighted by Crippen LogP contribution is 2.20. The highest BCUT2D eigenvalue weighted by atomic mass is 16.5. The lowest BCUT2D eigenvalue weighted by molar-refractivity contribution is 0.107. The molecule has 4 nitrogen and oxygen atoms in total. The number of methoxy groups -OCH3 is 1. The lowest BCUT2D eigenvalue weighted by atomic mass is 10.1. The van der Waals surface area contributed by atoms with Crippen LogP contribution in [0.3, 0.4) is 0 Å². The van der Waals surface area contributed by atoms with Gasteiger partial charge in [0.05, 0.1) is 13.2 Å². The number of hydrogen-bond acceptors (Lipinski definition) is 4. The van der Waals surface area contributed by atoms with Crippen LogP contribution in [0.4, 0.5) is 0 Å². The van der Waals surface area contributed by atoms with Crippen LogP contribution >= 0.6 is 0 Å². The van der Waals surface area contributed by atoms with E-state index in [1.807, 2.05) is 0 Å². The summed E-state index contributed by atoms with van der Waals surface area (Å²) in [6, 6.07) is 1.56. The van der Waals surface area contributed by atoms with Gasteiger partial charge >= 0.3 is 0 Å².